The standard InChI is InChI=1S/C22H19F/c1-16-9-5-6-11-18(3)21-15-22(23)19(4)12-8-7-10-17(2)20(21)14-13-16/h5-15H,1-4H2. The van der Waals surface area contributed by atoms with Crippen LogP contribution in [0.4, 0.5) is 4.39 Å². The number of halogens is 1. The lowest BCUT2D eigenvalue weighted by molar-refractivity contribution is 0.622. The predicted octanol–water partition coefficient (Wildman–Crippen LogP) is 2.87. The molecule has 0 heterocycles. The molecule has 23 heavy (non-hydrogen) atoms. The fourth-order valence-electron chi connectivity index (χ4n) is 2.13. The quantitative estimate of drug-likeness (QED) is 0.702. The zero-order chi connectivity index (χ0) is 16.8. The highest BCUT2D eigenvalue weighted by atomic mass is 19.1. The molecule has 0 aliphatic rings. The van der Waals surface area contributed by atoms with Gasteiger partial charge in [0.25, 0.3) is 0 Å². The molecule has 0 N–H and O–H groups in total. The molecular weight excluding hydrogens is 283 g/mol. The molecule has 0 unspecified atom stereocenters. The van der Waals surface area contributed by atoms with E-state index in [1.165, 1.54) is 6.07 Å². The summed E-state index contributed by atoms with van der Waals surface area (Å²) in [5.74, 6) is -0.397. The maximum Gasteiger partial charge on any atom is 0.130 e. The van der Waals surface area contributed by atoms with Gasteiger partial charge in [0, 0.05) is 5.22 Å². The van der Waals surface area contributed by atoms with Crippen LogP contribution in [0.1, 0.15) is 0 Å². The summed E-state index contributed by atoms with van der Waals surface area (Å²) in [6, 6.07) is 19.7. The van der Waals surface area contributed by atoms with Gasteiger partial charge in [-0.25, -0.2) is 4.39 Å². The van der Waals surface area contributed by atoms with Gasteiger partial charge in [-0.05, 0) is 32.5 Å². The lowest BCUT2D eigenvalue weighted by Gasteiger charge is -1.94. The van der Waals surface area contributed by atoms with Crippen LogP contribution in [-0.4, -0.2) is 0 Å². The fourth-order valence-corrected chi connectivity index (χ4v) is 2.13. The number of hydrogen-bond acceptors (Lipinski definition) is 0. The Morgan fingerprint density at radius 1 is 0.565 bits per heavy atom. The van der Waals surface area contributed by atoms with Crippen LogP contribution in [0.25, 0.3) is 37.1 Å². The average molecular weight is 302 g/mol. The largest absolute Gasteiger partial charge is 0.206 e. The van der Waals surface area contributed by atoms with Crippen LogP contribution < -0.4 is 20.9 Å². The van der Waals surface area contributed by atoms with Crippen molar-refractivity contribution in [1.82, 2.24) is 0 Å². The van der Waals surface area contributed by atoms with Crippen LogP contribution in [0.3, 0.4) is 0 Å². The number of hydrogen-bond donors (Lipinski definition) is 0. The third-order valence-corrected chi connectivity index (χ3v) is 3.45. The van der Waals surface area contributed by atoms with Gasteiger partial charge in [-0.2, -0.15) is 0 Å². The Hall–Kier alpha value is -2.93. The van der Waals surface area contributed by atoms with Gasteiger partial charge in [0.1, 0.15) is 5.82 Å². The van der Waals surface area contributed by atoms with E-state index in [1.54, 1.807) is 12.1 Å². The molecule has 0 spiro atoms. The lowest BCUT2D eigenvalue weighted by atomic mass is 10.1. The summed E-state index contributed by atoms with van der Waals surface area (Å²) in [5.41, 5.74) is 0. The third-order valence-electron chi connectivity index (χ3n) is 3.45. The Morgan fingerprint density at radius 2 is 1.09 bits per heavy atom. The van der Waals surface area contributed by atoms with Gasteiger partial charge in [0.15, 0.2) is 0 Å². The van der Waals surface area contributed by atoms with Gasteiger partial charge in [-0.15, -0.1) is 0 Å². The maximum atomic E-state index is 14.4. The molecule has 0 fully saturated rings. The molecule has 1 heteroatoms. The minimum absolute atomic E-state index is 0.316. The zero-order valence-corrected chi connectivity index (χ0v) is 13.1. The summed E-state index contributed by atoms with van der Waals surface area (Å²) >= 11 is 0. The average Bonchev–Trinajstić information content (AvgIpc) is 2.52. The first-order valence-corrected chi connectivity index (χ1v) is 7.25. The van der Waals surface area contributed by atoms with Crippen molar-refractivity contribution in [3.8, 4) is 0 Å². The van der Waals surface area contributed by atoms with Crippen LogP contribution in [-0.2, 0) is 0 Å². The van der Waals surface area contributed by atoms with Gasteiger partial charge in [-0.1, -0.05) is 87.0 Å². The summed E-state index contributed by atoms with van der Waals surface area (Å²) < 4.78 is 14.4. The van der Waals surface area contributed by atoms with E-state index >= 15 is 0 Å². The van der Waals surface area contributed by atoms with Crippen LogP contribution >= 0.6 is 0 Å². The summed E-state index contributed by atoms with van der Waals surface area (Å²) in [7, 11) is 0. The topological polar surface area (TPSA) is 0 Å². The fraction of sp³-hybridized carbons (Fsp3) is 0. The van der Waals surface area contributed by atoms with Crippen molar-refractivity contribution in [2.24, 2.45) is 0 Å². The van der Waals surface area contributed by atoms with Crippen molar-refractivity contribution in [2.45, 2.75) is 0 Å². The monoisotopic (exact) mass is 302 g/mol. The Balaban J connectivity index is 3.29. The summed E-state index contributed by atoms with van der Waals surface area (Å²) in [6.07, 6.45) is 0. The van der Waals surface area contributed by atoms with E-state index in [2.05, 4.69) is 26.3 Å². The molecule has 0 saturated carbocycles. The molecule has 0 nitrogen and oxygen atoms in total. The Kier molecular flexibility index (Phi) is 5.27. The van der Waals surface area contributed by atoms with E-state index in [0.29, 0.717) is 15.8 Å². The van der Waals surface area contributed by atoms with Crippen molar-refractivity contribution in [3.05, 3.63) is 93.4 Å². The summed E-state index contributed by atoms with van der Waals surface area (Å²) in [4.78, 5) is 0. The minimum atomic E-state index is -0.397. The molecule has 0 aliphatic carbocycles. The number of rotatable bonds is 0. The predicted molar refractivity (Wildman–Crippen MR) is 99.8 cm³/mol. The van der Waals surface area contributed by atoms with E-state index in [1.807, 2.05) is 48.5 Å². The van der Waals surface area contributed by atoms with Gasteiger partial charge < -0.3 is 0 Å². The highest BCUT2D eigenvalue weighted by Gasteiger charge is 1.92. The van der Waals surface area contributed by atoms with E-state index in [0.717, 1.165) is 15.8 Å². The first-order valence-electron chi connectivity index (χ1n) is 7.25. The second-order valence-corrected chi connectivity index (χ2v) is 5.24. The Bertz CT molecular complexity index is 1050. The van der Waals surface area contributed by atoms with E-state index < -0.39 is 5.82 Å². The molecule has 2 rings (SSSR count). The molecule has 2 aromatic rings. The molecule has 0 radical (unpaired) electrons. The lowest BCUT2D eigenvalue weighted by Crippen LogP contribution is -2.06. The molecule has 0 aliphatic heterocycles. The van der Waals surface area contributed by atoms with Crippen LogP contribution in [0.5, 0.6) is 0 Å². The number of fused-ring (bicyclic) bond motifs is 1. The molecule has 0 bridgehead atoms. The van der Waals surface area contributed by atoms with E-state index in [-0.39, 0.29) is 0 Å². The van der Waals surface area contributed by atoms with Crippen molar-refractivity contribution < 1.29 is 4.39 Å². The minimum Gasteiger partial charge on any atom is -0.206 e. The van der Waals surface area contributed by atoms with Gasteiger partial charge >= 0.3 is 0 Å². The second kappa shape index (κ2) is 7.37. The summed E-state index contributed by atoms with van der Waals surface area (Å²) in [6.45, 7) is 15.8. The second-order valence-electron chi connectivity index (χ2n) is 5.24. The molecule has 2 aromatic carbocycles. The van der Waals surface area contributed by atoms with Gasteiger partial charge in [0.2, 0.25) is 0 Å². The molecule has 0 amide bonds. The third kappa shape index (κ3) is 4.27. The Labute approximate surface area is 135 Å². The van der Waals surface area contributed by atoms with Crippen molar-refractivity contribution in [2.75, 3.05) is 0 Å². The maximum absolute atomic E-state index is 14.4. The highest BCUT2D eigenvalue weighted by Crippen LogP contribution is 1.99. The zero-order valence-electron chi connectivity index (χ0n) is 13.1. The normalized spacial score (nSPS) is 9.78. The van der Waals surface area contributed by atoms with E-state index in [9.17, 15) is 4.39 Å². The first-order chi connectivity index (χ1) is 11.0. The molecular formula is C22H19F. The summed E-state index contributed by atoms with van der Waals surface area (Å²) in [5, 5.41) is 4.09. The first kappa shape index (κ1) is 16.4. The smallest absolute Gasteiger partial charge is 0.130 e. The van der Waals surface area contributed by atoms with Gasteiger partial charge in [0.05, 0.1) is 0 Å². The molecule has 114 valence electrons. The van der Waals surface area contributed by atoms with Crippen LogP contribution in [0.15, 0.2) is 66.7 Å². The van der Waals surface area contributed by atoms with Gasteiger partial charge in [-0.3, -0.25) is 0 Å². The van der Waals surface area contributed by atoms with Crippen molar-refractivity contribution in [3.63, 3.8) is 0 Å². The SMILES string of the molecule is C=c1ccccc(=C)c2cc(F)c(=C)ccccc(=C)c2cc1. The van der Waals surface area contributed by atoms with Crippen molar-refractivity contribution in [1.29, 1.82) is 0 Å². The molecule has 0 atom stereocenters. The Morgan fingerprint density at radius 3 is 1.74 bits per heavy atom. The van der Waals surface area contributed by atoms with E-state index in [4.69, 9.17) is 0 Å². The van der Waals surface area contributed by atoms with Crippen LogP contribution in [0, 0.1) is 5.82 Å². The molecule has 0 saturated heterocycles. The highest BCUT2D eigenvalue weighted by molar-refractivity contribution is 5.81. The van der Waals surface area contributed by atoms with Crippen molar-refractivity contribution >= 4 is 37.1 Å². The molecule has 0 aromatic heterocycles. The van der Waals surface area contributed by atoms with Crippen LogP contribution in [0.2, 0.25) is 0 Å².